The number of methoxy groups -OCH3 is 3. The average Bonchev–Trinajstić information content (AvgIpc) is 3.91. The summed E-state index contributed by atoms with van der Waals surface area (Å²) in [6.45, 7) is 1.52. The van der Waals surface area contributed by atoms with Crippen molar-refractivity contribution in [2.24, 2.45) is 0 Å². The van der Waals surface area contributed by atoms with E-state index in [-0.39, 0.29) is 22.3 Å². The molecule has 14 heteroatoms. The van der Waals surface area contributed by atoms with Gasteiger partial charge in [0, 0.05) is 23.3 Å². The molecule has 0 bridgehead atoms. The maximum Gasteiger partial charge on any atom is 0.352 e. The molecule has 2 atom stereocenters. The summed E-state index contributed by atoms with van der Waals surface area (Å²) in [7, 11) is 4.46. The zero-order valence-electron chi connectivity index (χ0n) is 31.9. The minimum absolute atomic E-state index is 0. The van der Waals surface area contributed by atoms with Crippen molar-refractivity contribution in [1.29, 1.82) is 0 Å². The van der Waals surface area contributed by atoms with Crippen LogP contribution in [-0.4, -0.2) is 68.4 Å². The van der Waals surface area contributed by atoms with Crippen LogP contribution in [0.3, 0.4) is 0 Å². The molecule has 0 fully saturated rings. The molecule has 2 unspecified atom stereocenters. The highest BCUT2D eigenvalue weighted by Gasteiger charge is 2.39. The SMILES string of the molecule is C.C.C.COC(=O)C(Oc1ccc(OC)cc1-n1nc2ccccc2n1)c1ccccc1.COc1ccc(OC(C)(C(=O)O)c2ccccc2)c(-n2nc3ccccc3n2)c1. The molecule has 0 saturated carbocycles. The van der Waals surface area contributed by atoms with Crippen LogP contribution in [0, 0.1) is 0 Å². The molecule has 0 aliphatic heterocycles. The fraction of sp³-hybridized carbons (Fsp3) is 0.191. The second-order valence-electron chi connectivity index (χ2n) is 12.9. The van der Waals surface area contributed by atoms with E-state index in [9.17, 15) is 14.7 Å². The molecular formula is C47H50N6O8. The molecule has 0 aliphatic carbocycles. The Kier molecular flexibility index (Phi) is 15.3. The normalized spacial score (nSPS) is 11.8. The number of hydrogen-bond donors (Lipinski definition) is 1. The van der Waals surface area contributed by atoms with E-state index in [2.05, 4.69) is 20.4 Å². The van der Waals surface area contributed by atoms with Crippen LogP contribution in [0.4, 0.5) is 0 Å². The average molecular weight is 827 g/mol. The maximum atomic E-state index is 12.4. The molecule has 0 radical (unpaired) electrons. The molecule has 61 heavy (non-hydrogen) atoms. The van der Waals surface area contributed by atoms with Gasteiger partial charge in [0.15, 0.2) is 0 Å². The van der Waals surface area contributed by atoms with E-state index in [1.165, 1.54) is 23.6 Å². The molecule has 6 aromatic carbocycles. The first-order valence-corrected chi connectivity index (χ1v) is 18.0. The Bertz CT molecular complexity index is 2620. The van der Waals surface area contributed by atoms with Crippen molar-refractivity contribution >= 4 is 34.0 Å². The van der Waals surface area contributed by atoms with Gasteiger partial charge in [0.1, 0.15) is 56.4 Å². The van der Waals surface area contributed by atoms with E-state index in [4.69, 9.17) is 23.7 Å². The highest BCUT2D eigenvalue weighted by atomic mass is 16.6. The number of rotatable bonds is 12. The summed E-state index contributed by atoms with van der Waals surface area (Å²) >= 11 is 0. The standard InChI is InChI=1S/2C22H19N3O4.3CH4/c1-22(21(26)27,15-8-4-3-5-9-15)29-20-13-12-16(28-2)14-19(20)25-23-17-10-6-7-11-18(17)24-25;1-27-16-12-13-20(29-21(22(26)28-2)15-8-4-3-5-9-15)19(14-16)25-23-17-10-6-7-11-18(17)24-25;;;/h3-14H,1-2H3,(H,26,27);3-14,21H,1-2H3;3*1H4. The Morgan fingerprint density at radius 3 is 1.41 bits per heavy atom. The van der Waals surface area contributed by atoms with Crippen LogP contribution in [0.2, 0.25) is 0 Å². The zero-order chi connectivity index (χ0) is 40.6. The van der Waals surface area contributed by atoms with Gasteiger partial charge >= 0.3 is 11.9 Å². The fourth-order valence-electron chi connectivity index (χ4n) is 6.00. The van der Waals surface area contributed by atoms with Crippen molar-refractivity contribution < 1.29 is 38.4 Å². The summed E-state index contributed by atoms with van der Waals surface area (Å²) < 4.78 is 27.8. The van der Waals surface area contributed by atoms with Crippen LogP contribution in [-0.2, 0) is 19.9 Å². The molecule has 1 N–H and O–H groups in total. The fourth-order valence-corrected chi connectivity index (χ4v) is 6.00. The lowest BCUT2D eigenvalue weighted by Crippen LogP contribution is -2.38. The van der Waals surface area contributed by atoms with Crippen LogP contribution in [0.5, 0.6) is 23.0 Å². The van der Waals surface area contributed by atoms with Crippen molar-refractivity contribution in [2.75, 3.05) is 21.3 Å². The van der Waals surface area contributed by atoms with Crippen LogP contribution < -0.4 is 18.9 Å². The summed E-state index contributed by atoms with van der Waals surface area (Å²) in [6, 6.07) is 43.3. The topological polar surface area (TPSA) is 162 Å². The van der Waals surface area contributed by atoms with E-state index in [0.29, 0.717) is 56.5 Å². The van der Waals surface area contributed by atoms with Gasteiger partial charge in [-0.15, -0.1) is 30.0 Å². The first kappa shape index (κ1) is 46.0. The minimum Gasteiger partial charge on any atom is -0.497 e. The van der Waals surface area contributed by atoms with Crippen LogP contribution in [0.15, 0.2) is 146 Å². The zero-order valence-corrected chi connectivity index (χ0v) is 31.9. The van der Waals surface area contributed by atoms with Gasteiger partial charge in [-0.2, -0.15) is 0 Å². The lowest BCUT2D eigenvalue weighted by atomic mass is 9.96. The van der Waals surface area contributed by atoms with Gasteiger partial charge < -0.3 is 28.8 Å². The summed E-state index contributed by atoms with van der Waals surface area (Å²) in [6.07, 6.45) is -0.932. The van der Waals surface area contributed by atoms with Gasteiger partial charge in [0.25, 0.3) is 0 Å². The molecule has 0 amide bonds. The Balaban J connectivity index is 0.000000256. The largest absolute Gasteiger partial charge is 0.497 e. The molecule has 2 aromatic heterocycles. The number of carboxylic acids is 1. The van der Waals surface area contributed by atoms with Crippen molar-refractivity contribution in [3.63, 3.8) is 0 Å². The molecule has 8 rings (SSSR count). The summed E-state index contributed by atoms with van der Waals surface area (Å²) in [5, 5.41) is 28.0. The first-order valence-electron chi connectivity index (χ1n) is 18.0. The highest BCUT2D eigenvalue weighted by molar-refractivity contribution is 5.80. The van der Waals surface area contributed by atoms with Crippen molar-refractivity contribution in [2.45, 2.75) is 40.9 Å². The third-order valence-corrected chi connectivity index (χ3v) is 9.15. The number of aromatic nitrogens is 6. The van der Waals surface area contributed by atoms with Gasteiger partial charge in [-0.05, 0) is 55.5 Å². The number of benzene rings is 6. The van der Waals surface area contributed by atoms with E-state index in [0.717, 1.165) is 11.0 Å². The highest BCUT2D eigenvalue weighted by Crippen LogP contribution is 2.35. The number of carboxylic acid groups (broad SMARTS) is 1. The molecular weight excluding hydrogens is 777 g/mol. The molecule has 0 aliphatic rings. The van der Waals surface area contributed by atoms with E-state index in [1.807, 2.05) is 84.9 Å². The van der Waals surface area contributed by atoms with Gasteiger partial charge in [-0.1, -0.05) is 107 Å². The Hall–Kier alpha value is -7.74. The van der Waals surface area contributed by atoms with Crippen molar-refractivity contribution in [1.82, 2.24) is 30.0 Å². The number of aliphatic carboxylic acids is 1. The number of hydrogen-bond acceptors (Lipinski definition) is 11. The predicted octanol–water partition coefficient (Wildman–Crippen LogP) is 9.44. The van der Waals surface area contributed by atoms with Gasteiger partial charge in [0.2, 0.25) is 11.7 Å². The smallest absolute Gasteiger partial charge is 0.352 e. The first-order chi connectivity index (χ1) is 28.2. The second kappa shape index (κ2) is 20.3. The van der Waals surface area contributed by atoms with E-state index >= 15 is 0 Å². The van der Waals surface area contributed by atoms with Gasteiger partial charge in [-0.25, -0.2) is 9.59 Å². The lowest BCUT2D eigenvalue weighted by Gasteiger charge is -2.27. The lowest BCUT2D eigenvalue weighted by molar-refractivity contribution is -0.154. The molecule has 14 nitrogen and oxygen atoms in total. The third kappa shape index (κ3) is 9.94. The quantitative estimate of drug-likeness (QED) is 0.116. The Morgan fingerprint density at radius 2 is 0.984 bits per heavy atom. The third-order valence-electron chi connectivity index (χ3n) is 9.15. The number of ether oxygens (including phenoxy) is 5. The predicted molar refractivity (Wildman–Crippen MR) is 235 cm³/mol. The molecule has 8 aromatic rings. The summed E-state index contributed by atoms with van der Waals surface area (Å²) in [5.41, 5.74) is 3.54. The van der Waals surface area contributed by atoms with Crippen molar-refractivity contribution in [3.8, 4) is 34.4 Å². The summed E-state index contributed by atoms with van der Waals surface area (Å²) in [5.74, 6) is 0.319. The monoisotopic (exact) mass is 826 g/mol. The number of nitrogens with zero attached hydrogens (tertiary/aromatic N) is 6. The minimum atomic E-state index is -1.60. The maximum absolute atomic E-state index is 12.4. The Labute approximate surface area is 354 Å². The number of carbonyl (C=O) groups excluding carboxylic acids is 1. The van der Waals surface area contributed by atoms with Crippen LogP contribution >= 0.6 is 0 Å². The molecule has 0 saturated heterocycles. The number of fused-ring (bicyclic) bond motifs is 2. The van der Waals surface area contributed by atoms with Gasteiger partial charge in [-0.3, -0.25) is 0 Å². The molecule has 2 heterocycles. The second-order valence-corrected chi connectivity index (χ2v) is 12.9. The molecule has 316 valence electrons. The van der Waals surface area contributed by atoms with Gasteiger partial charge in [0.05, 0.1) is 21.3 Å². The Morgan fingerprint density at radius 1 is 0.574 bits per heavy atom. The van der Waals surface area contributed by atoms with Crippen LogP contribution in [0.25, 0.3) is 33.4 Å². The van der Waals surface area contributed by atoms with E-state index in [1.54, 1.807) is 74.9 Å². The number of esters is 1. The van der Waals surface area contributed by atoms with Crippen LogP contribution in [0.1, 0.15) is 46.4 Å². The van der Waals surface area contributed by atoms with E-state index < -0.39 is 23.6 Å². The molecule has 0 spiro atoms. The summed E-state index contributed by atoms with van der Waals surface area (Å²) in [4.78, 5) is 27.5. The number of carbonyl (C=O) groups is 2. The van der Waals surface area contributed by atoms with Crippen molar-refractivity contribution in [3.05, 3.63) is 157 Å².